The molecule has 3 N–H and O–H groups in total. The molecule has 1 aromatic carbocycles. The summed E-state index contributed by atoms with van der Waals surface area (Å²) >= 11 is 5.93. The molecule has 7 heteroatoms. The molecule has 24 heavy (non-hydrogen) atoms. The number of nitrogens with zero attached hydrogens (tertiary/aromatic N) is 1. The molecule has 2 atom stereocenters. The Labute approximate surface area is 143 Å². The van der Waals surface area contributed by atoms with Crippen LogP contribution in [0.3, 0.4) is 0 Å². The number of rotatable bonds is 3. The summed E-state index contributed by atoms with van der Waals surface area (Å²) in [6.07, 6.45) is -2.85. The summed E-state index contributed by atoms with van der Waals surface area (Å²) in [6.45, 7) is 1.45. The van der Waals surface area contributed by atoms with Crippen LogP contribution >= 0.6 is 11.6 Å². The van der Waals surface area contributed by atoms with Crippen molar-refractivity contribution in [3.63, 3.8) is 0 Å². The van der Waals surface area contributed by atoms with Gasteiger partial charge in [-0.3, -0.25) is 0 Å². The van der Waals surface area contributed by atoms with Gasteiger partial charge in [-0.05, 0) is 54.8 Å². The van der Waals surface area contributed by atoms with Crippen LogP contribution in [0.15, 0.2) is 36.5 Å². The molecule has 3 rings (SSSR count). The minimum absolute atomic E-state index is 0.0501. The van der Waals surface area contributed by atoms with Crippen LogP contribution < -0.4 is 11.1 Å². The van der Waals surface area contributed by atoms with Gasteiger partial charge >= 0.3 is 6.18 Å². The zero-order chi connectivity index (χ0) is 17.3. The van der Waals surface area contributed by atoms with E-state index < -0.39 is 17.7 Å². The van der Waals surface area contributed by atoms with Gasteiger partial charge in [-0.25, -0.2) is 4.98 Å². The average molecular weight is 356 g/mol. The SMILES string of the molecule is Nc1cc(C(c2ccc(Cl)cc2)C2CCNC2)c(C(F)(F)F)cn1. The Morgan fingerprint density at radius 2 is 1.96 bits per heavy atom. The summed E-state index contributed by atoms with van der Waals surface area (Å²) in [5.41, 5.74) is 5.93. The minimum atomic E-state index is -4.48. The van der Waals surface area contributed by atoms with Gasteiger partial charge in [0, 0.05) is 17.1 Å². The number of nitrogens with two attached hydrogens (primary N) is 1. The first-order valence-electron chi connectivity index (χ1n) is 7.65. The lowest BCUT2D eigenvalue weighted by molar-refractivity contribution is -0.138. The van der Waals surface area contributed by atoms with Crippen molar-refractivity contribution in [2.75, 3.05) is 18.8 Å². The molecule has 1 aliphatic rings. The highest BCUT2D eigenvalue weighted by Gasteiger charge is 2.39. The van der Waals surface area contributed by atoms with Gasteiger partial charge in [0.2, 0.25) is 0 Å². The normalized spacial score (nSPS) is 19.4. The summed E-state index contributed by atoms with van der Waals surface area (Å²) in [6, 6.07) is 8.30. The van der Waals surface area contributed by atoms with Gasteiger partial charge in [-0.2, -0.15) is 13.2 Å². The third-order valence-corrected chi connectivity index (χ3v) is 4.65. The Kier molecular flexibility index (Phi) is 4.69. The van der Waals surface area contributed by atoms with Gasteiger partial charge in [0.05, 0.1) is 5.56 Å². The van der Waals surface area contributed by atoms with Crippen LogP contribution in [0.4, 0.5) is 19.0 Å². The molecule has 1 aliphatic heterocycles. The van der Waals surface area contributed by atoms with Crippen molar-refractivity contribution >= 4 is 17.4 Å². The molecule has 0 saturated carbocycles. The highest BCUT2D eigenvalue weighted by Crippen LogP contribution is 2.42. The highest BCUT2D eigenvalue weighted by molar-refractivity contribution is 6.30. The second-order valence-electron chi connectivity index (χ2n) is 5.98. The lowest BCUT2D eigenvalue weighted by atomic mass is 9.78. The number of benzene rings is 1. The maximum Gasteiger partial charge on any atom is 0.418 e. The van der Waals surface area contributed by atoms with E-state index in [1.165, 1.54) is 6.07 Å². The zero-order valence-corrected chi connectivity index (χ0v) is 13.5. The van der Waals surface area contributed by atoms with Crippen molar-refractivity contribution in [3.05, 3.63) is 58.2 Å². The maximum atomic E-state index is 13.5. The lowest BCUT2D eigenvalue weighted by Gasteiger charge is -2.27. The van der Waals surface area contributed by atoms with E-state index in [0.717, 1.165) is 24.7 Å². The van der Waals surface area contributed by atoms with Gasteiger partial charge in [0.15, 0.2) is 0 Å². The predicted octanol–water partition coefficient (Wildman–Crippen LogP) is 4.08. The topological polar surface area (TPSA) is 50.9 Å². The van der Waals surface area contributed by atoms with Gasteiger partial charge < -0.3 is 11.1 Å². The van der Waals surface area contributed by atoms with Crippen LogP contribution in [0.5, 0.6) is 0 Å². The van der Waals surface area contributed by atoms with E-state index in [-0.39, 0.29) is 17.3 Å². The summed E-state index contributed by atoms with van der Waals surface area (Å²) in [5.74, 6) is -0.281. The molecular weight excluding hydrogens is 339 g/mol. The number of hydrogen-bond acceptors (Lipinski definition) is 3. The first-order valence-corrected chi connectivity index (χ1v) is 8.03. The summed E-state index contributed by atoms with van der Waals surface area (Å²) in [4.78, 5) is 3.64. The highest BCUT2D eigenvalue weighted by atomic mass is 35.5. The number of halogens is 4. The zero-order valence-electron chi connectivity index (χ0n) is 12.8. The van der Waals surface area contributed by atoms with Crippen LogP contribution in [-0.4, -0.2) is 18.1 Å². The molecule has 1 saturated heterocycles. The summed E-state index contributed by atoms with van der Waals surface area (Å²) < 4.78 is 40.5. The van der Waals surface area contributed by atoms with Gasteiger partial charge in [-0.1, -0.05) is 23.7 Å². The Morgan fingerprint density at radius 1 is 1.25 bits per heavy atom. The molecule has 2 unspecified atom stereocenters. The molecule has 1 aromatic heterocycles. The van der Waals surface area contributed by atoms with Crippen molar-refractivity contribution in [3.8, 4) is 0 Å². The fraction of sp³-hybridized carbons (Fsp3) is 0.353. The molecule has 0 spiro atoms. The quantitative estimate of drug-likeness (QED) is 0.872. The number of anilines is 1. The maximum absolute atomic E-state index is 13.5. The second kappa shape index (κ2) is 6.61. The molecule has 3 nitrogen and oxygen atoms in total. The van der Waals surface area contributed by atoms with Gasteiger partial charge in [0.1, 0.15) is 5.82 Å². The monoisotopic (exact) mass is 355 g/mol. The van der Waals surface area contributed by atoms with Gasteiger partial charge in [-0.15, -0.1) is 0 Å². The minimum Gasteiger partial charge on any atom is -0.384 e. The van der Waals surface area contributed by atoms with Crippen molar-refractivity contribution in [1.82, 2.24) is 10.3 Å². The molecule has 0 radical (unpaired) electrons. The number of hydrogen-bond donors (Lipinski definition) is 2. The first-order chi connectivity index (χ1) is 11.4. The van der Waals surface area contributed by atoms with Gasteiger partial charge in [0.25, 0.3) is 0 Å². The lowest BCUT2D eigenvalue weighted by Crippen LogP contribution is -2.22. The van der Waals surface area contributed by atoms with E-state index >= 15 is 0 Å². The van der Waals surface area contributed by atoms with E-state index in [2.05, 4.69) is 10.3 Å². The second-order valence-corrected chi connectivity index (χ2v) is 6.41. The smallest absolute Gasteiger partial charge is 0.384 e. The number of alkyl halides is 3. The van der Waals surface area contributed by atoms with E-state index in [1.807, 2.05) is 0 Å². The van der Waals surface area contributed by atoms with E-state index in [0.29, 0.717) is 11.6 Å². The molecule has 2 aromatic rings. The van der Waals surface area contributed by atoms with Crippen LogP contribution in [0, 0.1) is 5.92 Å². The molecule has 0 amide bonds. The van der Waals surface area contributed by atoms with Crippen LogP contribution in [0.2, 0.25) is 5.02 Å². The van der Waals surface area contributed by atoms with Crippen molar-refractivity contribution < 1.29 is 13.2 Å². The summed E-state index contributed by atoms with van der Waals surface area (Å²) in [7, 11) is 0. The molecule has 0 bridgehead atoms. The Hall–Kier alpha value is -1.79. The third-order valence-electron chi connectivity index (χ3n) is 4.40. The molecular formula is C17H17ClF3N3. The standard InChI is InChI=1S/C17H17ClF3N3/c18-12-3-1-10(2-4-12)16(11-5-6-23-8-11)13-7-15(22)24-9-14(13)17(19,20)21/h1-4,7,9,11,16,23H,5-6,8H2,(H2,22,24). The average Bonchev–Trinajstić information content (AvgIpc) is 3.02. The largest absolute Gasteiger partial charge is 0.418 e. The number of pyridine rings is 1. The van der Waals surface area contributed by atoms with E-state index in [1.54, 1.807) is 24.3 Å². The van der Waals surface area contributed by atoms with Crippen molar-refractivity contribution in [2.45, 2.75) is 18.5 Å². The van der Waals surface area contributed by atoms with Crippen molar-refractivity contribution in [2.24, 2.45) is 5.92 Å². The fourth-order valence-electron chi connectivity index (χ4n) is 3.32. The predicted molar refractivity (Wildman–Crippen MR) is 87.9 cm³/mol. The molecule has 128 valence electrons. The Balaban J connectivity index is 2.15. The third kappa shape index (κ3) is 3.49. The number of nitrogen functional groups attached to an aromatic ring is 1. The molecule has 2 heterocycles. The number of nitrogens with one attached hydrogen (secondary N) is 1. The summed E-state index contributed by atoms with van der Waals surface area (Å²) in [5, 5.41) is 3.77. The fourth-order valence-corrected chi connectivity index (χ4v) is 3.45. The van der Waals surface area contributed by atoms with E-state index in [4.69, 9.17) is 17.3 Å². The molecule has 0 aliphatic carbocycles. The van der Waals surface area contributed by atoms with Crippen LogP contribution in [0.25, 0.3) is 0 Å². The Morgan fingerprint density at radius 3 is 2.54 bits per heavy atom. The van der Waals surface area contributed by atoms with E-state index in [9.17, 15) is 13.2 Å². The van der Waals surface area contributed by atoms with Crippen LogP contribution in [0.1, 0.15) is 29.0 Å². The van der Waals surface area contributed by atoms with Crippen LogP contribution in [-0.2, 0) is 6.18 Å². The molecule has 1 fully saturated rings. The Bertz CT molecular complexity index is 710. The first kappa shape index (κ1) is 17.0. The van der Waals surface area contributed by atoms with Crippen molar-refractivity contribution in [1.29, 1.82) is 0 Å². The number of aromatic nitrogens is 1.